The summed E-state index contributed by atoms with van der Waals surface area (Å²) in [5.41, 5.74) is 6.50. The molecule has 0 radical (unpaired) electrons. The van der Waals surface area contributed by atoms with E-state index in [1.165, 1.54) is 6.07 Å². The number of nitrogens with one attached hydrogen (secondary N) is 1. The molecule has 1 fully saturated rings. The number of ether oxygens (including phenoxy) is 1. The Morgan fingerprint density at radius 3 is 2.41 bits per heavy atom. The first-order chi connectivity index (χ1) is 17.6. The summed E-state index contributed by atoms with van der Waals surface area (Å²) in [6.07, 6.45) is 1.35. The van der Waals surface area contributed by atoms with Gasteiger partial charge in [0.1, 0.15) is 17.7 Å². The maximum Gasteiger partial charge on any atom is 0.303 e. The Bertz CT molecular complexity index is 1250. The minimum atomic E-state index is -2.43. The first-order valence-electron chi connectivity index (χ1n) is 12.4. The first kappa shape index (κ1) is 27.0. The minimum absolute atomic E-state index is 0.00458. The molecule has 0 unspecified atom stereocenters. The van der Waals surface area contributed by atoms with Crippen molar-refractivity contribution in [1.29, 1.82) is 0 Å². The zero-order valence-electron chi connectivity index (χ0n) is 21.2. The fourth-order valence-electron chi connectivity index (χ4n) is 4.79. The fourth-order valence-corrected chi connectivity index (χ4v) is 6.27. The van der Waals surface area contributed by atoms with Gasteiger partial charge in [0.15, 0.2) is 0 Å². The third kappa shape index (κ3) is 7.25. The molecule has 4 N–H and O–H groups in total. The van der Waals surface area contributed by atoms with E-state index >= 15 is 0 Å². The maximum absolute atomic E-state index is 14.4. The average Bonchev–Trinajstić information content (AvgIpc) is 2.83. The molecule has 1 heterocycles. The zero-order chi connectivity index (χ0) is 26.6. The Labute approximate surface area is 218 Å². The first-order valence-corrected chi connectivity index (χ1v) is 14.3. The van der Waals surface area contributed by atoms with Gasteiger partial charge in [0, 0.05) is 43.0 Å². The van der Waals surface area contributed by atoms with Crippen LogP contribution in [0.15, 0.2) is 54.6 Å². The largest absolute Gasteiger partial charge is 0.490 e. The van der Waals surface area contributed by atoms with Crippen LogP contribution < -0.4 is 10.1 Å². The van der Waals surface area contributed by atoms with Crippen LogP contribution in [0.5, 0.6) is 5.75 Å². The molecule has 0 aliphatic carbocycles. The topological polar surface area (TPSA) is 99.0 Å². The monoisotopic (exact) mass is 527 g/mol. The third-order valence-electron chi connectivity index (χ3n) is 6.72. The second-order valence-corrected chi connectivity index (χ2v) is 12.1. The lowest BCUT2D eigenvalue weighted by atomic mass is 9.94. The van der Waals surface area contributed by atoms with Crippen LogP contribution in [0, 0.1) is 19.7 Å². The molecule has 4 rings (SSSR count). The molecule has 1 aliphatic rings. The summed E-state index contributed by atoms with van der Waals surface area (Å²) in [5.74, 6) is 0.246. The Balaban J connectivity index is 1.42. The number of carboxylic acid groups (broad SMARTS) is 1. The maximum atomic E-state index is 14.4. The average molecular weight is 528 g/mol. The van der Waals surface area contributed by atoms with Crippen LogP contribution in [-0.4, -0.2) is 37.8 Å². The van der Waals surface area contributed by atoms with E-state index in [4.69, 9.17) is 9.84 Å². The van der Waals surface area contributed by atoms with Crippen molar-refractivity contribution >= 4 is 22.2 Å². The van der Waals surface area contributed by atoms with Crippen LogP contribution in [0.25, 0.3) is 11.1 Å². The number of aliphatic carboxylic acids is 1. The molecule has 3 aromatic rings. The van der Waals surface area contributed by atoms with Gasteiger partial charge in [0.25, 0.3) is 0 Å². The van der Waals surface area contributed by atoms with E-state index in [-0.39, 0.29) is 18.9 Å². The van der Waals surface area contributed by atoms with Gasteiger partial charge >= 0.3 is 5.97 Å². The van der Waals surface area contributed by atoms with E-state index in [0.717, 1.165) is 33.6 Å². The van der Waals surface area contributed by atoms with Crippen LogP contribution >= 0.6 is 10.6 Å². The van der Waals surface area contributed by atoms with Crippen LogP contribution in [-0.2, 0) is 17.8 Å². The summed E-state index contributed by atoms with van der Waals surface area (Å²) in [4.78, 5) is 10.7. The third-order valence-corrected chi connectivity index (χ3v) is 8.50. The Morgan fingerprint density at radius 1 is 1.05 bits per heavy atom. The van der Waals surface area contributed by atoms with E-state index in [1.807, 2.05) is 24.3 Å². The number of hydrogen-bond donors (Lipinski definition) is 4. The van der Waals surface area contributed by atoms with Gasteiger partial charge in [0.2, 0.25) is 0 Å². The lowest BCUT2D eigenvalue weighted by Crippen LogP contribution is -2.28. The Kier molecular flexibility index (Phi) is 8.42. The van der Waals surface area contributed by atoms with Gasteiger partial charge in [0.05, 0.1) is 0 Å². The van der Waals surface area contributed by atoms with E-state index in [9.17, 15) is 18.3 Å². The molecule has 198 valence electrons. The Morgan fingerprint density at radius 2 is 1.76 bits per heavy atom. The zero-order valence-corrected chi connectivity index (χ0v) is 22.0. The molecule has 0 bridgehead atoms. The summed E-state index contributed by atoms with van der Waals surface area (Å²) < 4.78 is 40.2. The van der Waals surface area contributed by atoms with Crippen molar-refractivity contribution in [2.45, 2.75) is 52.2 Å². The van der Waals surface area contributed by atoms with Crippen LogP contribution in [0.2, 0.25) is 0 Å². The van der Waals surface area contributed by atoms with Crippen LogP contribution in [0.1, 0.15) is 41.5 Å². The number of halogens is 1. The summed E-state index contributed by atoms with van der Waals surface area (Å²) in [7, 11) is -2.43. The summed E-state index contributed by atoms with van der Waals surface area (Å²) in [6.45, 7) is 4.64. The molecule has 0 atom stereocenters. The van der Waals surface area contributed by atoms with Crippen molar-refractivity contribution in [2.75, 3.05) is 16.8 Å². The Hall–Kier alpha value is -3.07. The molecule has 8 heteroatoms. The normalized spacial score (nSPS) is 16.2. The lowest BCUT2D eigenvalue weighted by Gasteiger charge is -2.39. The molecular weight excluding hydrogens is 493 g/mol. The SMILES string of the molecule is Cc1cc(OC2CCS(O)(O)CC2)cc(C)c1-c1cccc(CNc2ccc(CCC(=O)O)c(F)c2)c1. The van der Waals surface area contributed by atoms with Crippen molar-refractivity contribution in [3.63, 3.8) is 0 Å². The number of carbonyl (C=O) groups is 1. The van der Waals surface area contributed by atoms with Gasteiger partial charge in [-0.2, -0.15) is 10.6 Å². The fraction of sp³-hybridized carbons (Fsp3) is 0.345. The molecule has 37 heavy (non-hydrogen) atoms. The standard InChI is InChI=1S/C29H34FNO5S/c1-19-14-26(36-25-10-12-37(34,35)13-11-25)15-20(2)29(19)23-5-3-4-21(16-23)18-31-24-8-6-22(27(30)17-24)7-9-28(32)33/h3-6,8,14-17,25,31,34-35H,7,9-13,18H2,1-2H3,(H,32,33). The highest BCUT2D eigenvalue weighted by molar-refractivity contribution is 8.24. The lowest BCUT2D eigenvalue weighted by molar-refractivity contribution is -0.136. The summed E-state index contributed by atoms with van der Waals surface area (Å²) in [6, 6.07) is 17.1. The van der Waals surface area contributed by atoms with Gasteiger partial charge in [-0.05, 0) is 84.0 Å². The van der Waals surface area contributed by atoms with Gasteiger partial charge in [-0.15, -0.1) is 0 Å². The minimum Gasteiger partial charge on any atom is -0.490 e. The summed E-state index contributed by atoms with van der Waals surface area (Å²) >= 11 is 0. The van der Waals surface area contributed by atoms with Crippen molar-refractivity contribution in [3.8, 4) is 16.9 Å². The number of aryl methyl sites for hydroxylation is 3. The van der Waals surface area contributed by atoms with Gasteiger partial charge in [-0.3, -0.25) is 13.9 Å². The highest BCUT2D eigenvalue weighted by Crippen LogP contribution is 2.44. The number of anilines is 1. The number of hydrogen-bond acceptors (Lipinski definition) is 5. The van der Waals surface area contributed by atoms with Crippen LogP contribution in [0.3, 0.4) is 0 Å². The molecule has 1 aliphatic heterocycles. The number of rotatable bonds is 9. The highest BCUT2D eigenvalue weighted by atomic mass is 32.3. The quantitative estimate of drug-likeness (QED) is 0.238. The van der Waals surface area contributed by atoms with Crippen molar-refractivity contribution < 1.29 is 28.1 Å². The van der Waals surface area contributed by atoms with Gasteiger partial charge < -0.3 is 15.2 Å². The van der Waals surface area contributed by atoms with E-state index < -0.39 is 22.4 Å². The number of benzene rings is 3. The van der Waals surface area contributed by atoms with Crippen molar-refractivity contribution in [3.05, 3.63) is 82.7 Å². The second kappa shape index (κ2) is 11.5. The molecule has 0 saturated carbocycles. The second-order valence-electron chi connectivity index (χ2n) is 9.71. The molecular formula is C29H34FNO5S. The van der Waals surface area contributed by atoms with Crippen molar-refractivity contribution in [2.24, 2.45) is 0 Å². The van der Waals surface area contributed by atoms with E-state index in [0.29, 0.717) is 42.1 Å². The van der Waals surface area contributed by atoms with Crippen LogP contribution in [0.4, 0.5) is 10.1 Å². The number of carboxylic acids is 1. The predicted molar refractivity (Wildman–Crippen MR) is 147 cm³/mol. The molecule has 0 aromatic heterocycles. The molecule has 0 amide bonds. The van der Waals surface area contributed by atoms with Gasteiger partial charge in [-0.1, -0.05) is 24.3 Å². The highest BCUT2D eigenvalue weighted by Gasteiger charge is 2.25. The predicted octanol–water partition coefficient (Wildman–Crippen LogP) is 7.03. The smallest absolute Gasteiger partial charge is 0.303 e. The van der Waals surface area contributed by atoms with Gasteiger partial charge in [-0.25, -0.2) is 4.39 Å². The summed E-state index contributed by atoms with van der Waals surface area (Å²) in [5, 5.41) is 12.1. The molecule has 6 nitrogen and oxygen atoms in total. The molecule has 1 saturated heterocycles. The van der Waals surface area contributed by atoms with E-state index in [2.05, 4.69) is 31.3 Å². The molecule has 3 aromatic carbocycles. The molecule has 0 spiro atoms. The van der Waals surface area contributed by atoms with Crippen molar-refractivity contribution in [1.82, 2.24) is 0 Å². The van der Waals surface area contributed by atoms with E-state index in [1.54, 1.807) is 12.1 Å².